The predicted octanol–water partition coefficient (Wildman–Crippen LogP) is 5.72. The number of likely N-dealkylation sites (tertiary alicyclic amines) is 1. The third kappa shape index (κ3) is 6.36. The predicted molar refractivity (Wildman–Crippen MR) is 144 cm³/mol. The first-order valence-electron chi connectivity index (χ1n) is 12.6. The van der Waals surface area contributed by atoms with Gasteiger partial charge in [-0.3, -0.25) is 9.59 Å². The first kappa shape index (κ1) is 28.8. The van der Waals surface area contributed by atoms with E-state index in [2.05, 4.69) is 6.58 Å². The molecule has 2 aromatic carbocycles. The Kier molecular flexibility index (Phi) is 8.86. The number of ether oxygens (including phenoxy) is 3. The molecule has 1 aliphatic rings. The first-order valence-corrected chi connectivity index (χ1v) is 12.6. The summed E-state index contributed by atoms with van der Waals surface area (Å²) < 4.78 is 16.3. The van der Waals surface area contributed by atoms with Gasteiger partial charge in [0, 0.05) is 12.1 Å². The Hall–Kier alpha value is -3.81. The lowest BCUT2D eigenvalue weighted by Gasteiger charge is -2.46. The van der Waals surface area contributed by atoms with E-state index in [0.29, 0.717) is 22.6 Å². The number of rotatable bonds is 9. The van der Waals surface area contributed by atoms with Gasteiger partial charge in [0.25, 0.3) is 0 Å². The molecule has 1 fully saturated rings. The Labute approximate surface area is 224 Å². The molecule has 0 aromatic heterocycles. The second-order valence-electron chi connectivity index (χ2n) is 10.6. The lowest BCUT2D eigenvalue weighted by Crippen LogP contribution is -2.56. The van der Waals surface area contributed by atoms with Gasteiger partial charge in [-0.1, -0.05) is 18.2 Å². The third-order valence-corrected chi connectivity index (χ3v) is 6.96. The maximum atomic E-state index is 14.2. The lowest BCUT2D eigenvalue weighted by molar-refractivity contribution is -0.153. The van der Waals surface area contributed by atoms with Gasteiger partial charge < -0.3 is 24.2 Å². The van der Waals surface area contributed by atoms with Crippen LogP contribution in [-0.4, -0.2) is 60.3 Å². The van der Waals surface area contributed by atoms with Crippen LogP contribution in [0, 0.1) is 5.41 Å². The molecule has 1 aliphatic heterocycles. The van der Waals surface area contributed by atoms with Crippen molar-refractivity contribution in [2.75, 3.05) is 20.8 Å². The van der Waals surface area contributed by atoms with Crippen molar-refractivity contribution in [3.63, 3.8) is 0 Å². The van der Waals surface area contributed by atoms with Crippen molar-refractivity contribution in [3.8, 4) is 11.5 Å². The van der Waals surface area contributed by atoms with E-state index in [0.717, 1.165) is 0 Å². The van der Waals surface area contributed by atoms with Crippen molar-refractivity contribution in [1.29, 1.82) is 0 Å². The fourth-order valence-electron chi connectivity index (χ4n) is 5.00. The molecular weight excluding hydrogens is 486 g/mol. The number of methoxy groups -OCH3 is 2. The zero-order valence-corrected chi connectivity index (χ0v) is 22.7. The number of hydrogen-bond acceptors (Lipinski definition) is 6. The summed E-state index contributed by atoms with van der Waals surface area (Å²) in [6.07, 6.45) is 1.50. The number of aliphatic carboxylic acids is 1. The average molecular weight is 524 g/mol. The Bertz CT molecular complexity index is 1150. The molecule has 3 atom stereocenters. The summed E-state index contributed by atoms with van der Waals surface area (Å²) in [4.78, 5) is 41.7. The molecule has 2 aromatic rings. The highest BCUT2D eigenvalue weighted by molar-refractivity contribution is 6.02. The van der Waals surface area contributed by atoms with Crippen molar-refractivity contribution < 1.29 is 33.7 Å². The molecule has 0 spiro atoms. The van der Waals surface area contributed by atoms with Crippen LogP contribution < -0.4 is 9.47 Å². The van der Waals surface area contributed by atoms with E-state index in [1.165, 1.54) is 4.90 Å². The first-order chi connectivity index (χ1) is 17.9. The molecule has 0 bridgehead atoms. The van der Waals surface area contributed by atoms with Crippen LogP contribution in [0.1, 0.15) is 61.9 Å². The number of carbonyl (C=O) groups is 3. The van der Waals surface area contributed by atoms with Crippen molar-refractivity contribution in [2.24, 2.45) is 5.41 Å². The topological polar surface area (TPSA) is 102 Å². The number of ketones is 1. The van der Waals surface area contributed by atoms with E-state index >= 15 is 0 Å². The van der Waals surface area contributed by atoms with Crippen molar-refractivity contribution in [2.45, 2.75) is 57.6 Å². The third-order valence-electron chi connectivity index (χ3n) is 6.96. The number of carboxylic acid groups (broad SMARTS) is 1. The largest absolute Gasteiger partial charge is 0.497 e. The van der Waals surface area contributed by atoms with Crippen LogP contribution in [0.25, 0.3) is 0 Å². The molecular formula is C30H37NO7. The van der Waals surface area contributed by atoms with Crippen LogP contribution in [-0.2, 0) is 9.53 Å². The number of amides is 1. The maximum Gasteiger partial charge on any atom is 0.410 e. The maximum absolute atomic E-state index is 14.2. The molecule has 0 aliphatic carbocycles. The monoisotopic (exact) mass is 523 g/mol. The highest BCUT2D eigenvalue weighted by Gasteiger charge is 2.50. The number of carboxylic acids is 1. The SMILES string of the molecule is C=CCC1(C(=O)O)CCN(C(=O)OC(C)(C)C)C(C(C(=O)c2ccc(OC)cc2)c2ccc(OC)cc2)C1. The molecule has 8 heteroatoms. The Morgan fingerprint density at radius 1 is 1.05 bits per heavy atom. The minimum absolute atomic E-state index is 0.0617. The smallest absolute Gasteiger partial charge is 0.410 e. The fraction of sp³-hybridized carbons (Fsp3) is 0.433. The molecule has 1 saturated heterocycles. The Morgan fingerprint density at radius 2 is 1.61 bits per heavy atom. The van der Waals surface area contributed by atoms with Crippen molar-refractivity contribution in [3.05, 3.63) is 72.3 Å². The minimum Gasteiger partial charge on any atom is -0.497 e. The summed E-state index contributed by atoms with van der Waals surface area (Å²) in [5.74, 6) is -0.853. The molecule has 204 valence electrons. The van der Waals surface area contributed by atoms with E-state index in [1.54, 1.807) is 89.6 Å². The fourth-order valence-corrected chi connectivity index (χ4v) is 5.00. The lowest BCUT2D eigenvalue weighted by atomic mass is 9.68. The average Bonchev–Trinajstić information content (AvgIpc) is 2.88. The van der Waals surface area contributed by atoms with Crippen LogP contribution in [0.4, 0.5) is 4.79 Å². The minimum atomic E-state index is -1.17. The molecule has 0 saturated carbocycles. The molecule has 1 amide bonds. The number of nitrogens with zero attached hydrogens (tertiary/aromatic N) is 1. The summed E-state index contributed by atoms with van der Waals surface area (Å²) in [5.41, 5.74) is -0.869. The summed E-state index contributed by atoms with van der Waals surface area (Å²) in [7, 11) is 3.10. The van der Waals surface area contributed by atoms with Crippen molar-refractivity contribution in [1.82, 2.24) is 4.90 Å². The van der Waals surface area contributed by atoms with E-state index in [9.17, 15) is 19.5 Å². The normalized spacial score (nSPS) is 20.2. The van der Waals surface area contributed by atoms with Crippen LogP contribution >= 0.6 is 0 Å². The highest BCUT2D eigenvalue weighted by atomic mass is 16.6. The zero-order chi connectivity index (χ0) is 28.1. The van der Waals surface area contributed by atoms with Gasteiger partial charge in [-0.2, -0.15) is 0 Å². The van der Waals surface area contributed by atoms with Gasteiger partial charge in [0.2, 0.25) is 0 Å². The van der Waals surface area contributed by atoms with Gasteiger partial charge in [-0.05, 0) is 82.0 Å². The van der Waals surface area contributed by atoms with Gasteiger partial charge in [0.1, 0.15) is 17.1 Å². The molecule has 38 heavy (non-hydrogen) atoms. The van der Waals surface area contributed by atoms with Crippen LogP contribution in [0.5, 0.6) is 11.5 Å². The van der Waals surface area contributed by atoms with Gasteiger partial charge in [0.05, 0.1) is 31.6 Å². The van der Waals surface area contributed by atoms with E-state index in [-0.39, 0.29) is 31.6 Å². The van der Waals surface area contributed by atoms with Gasteiger partial charge >= 0.3 is 12.1 Å². The molecule has 8 nitrogen and oxygen atoms in total. The summed E-state index contributed by atoms with van der Waals surface area (Å²) >= 11 is 0. The number of allylic oxidation sites excluding steroid dienone is 1. The van der Waals surface area contributed by atoms with Crippen LogP contribution in [0.3, 0.4) is 0 Å². The molecule has 3 unspecified atom stereocenters. The second-order valence-corrected chi connectivity index (χ2v) is 10.6. The number of Topliss-reactive ketones (excluding diaryl/α,β-unsaturated/α-hetero) is 1. The highest BCUT2D eigenvalue weighted by Crippen LogP contribution is 2.44. The number of hydrogen-bond donors (Lipinski definition) is 1. The van der Waals surface area contributed by atoms with Gasteiger partial charge in [-0.15, -0.1) is 6.58 Å². The van der Waals surface area contributed by atoms with E-state index in [4.69, 9.17) is 14.2 Å². The molecule has 1 heterocycles. The van der Waals surface area contributed by atoms with Gasteiger partial charge in [-0.25, -0.2) is 4.79 Å². The number of carbonyl (C=O) groups excluding carboxylic acids is 2. The Balaban J connectivity index is 2.17. The van der Waals surface area contributed by atoms with E-state index < -0.39 is 35.0 Å². The van der Waals surface area contributed by atoms with Gasteiger partial charge in [0.15, 0.2) is 5.78 Å². The molecule has 1 N–H and O–H groups in total. The van der Waals surface area contributed by atoms with Crippen molar-refractivity contribution >= 4 is 17.8 Å². The summed E-state index contributed by atoms with van der Waals surface area (Å²) in [6, 6.07) is 13.0. The molecule has 3 rings (SSSR count). The van der Waals surface area contributed by atoms with Crippen LogP contribution in [0.2, 0.25) is 0 Å². The van der Waals surface area contributed by atoms with E-state index in [1.807, 2.05) is 0 Å². The number of benzene rings is 2. The molecule has 0 radical (unpaired) electrons. The second kappa shape index (κ2) is 11.7. The summed E-state index contributed by atoms with van der Waals surface area (Å²) in [5, 5.41) is 10.3. The van der Waals surface area contributed by atoms with Crippen LogP contribution in [0.15, 0.2) is 61.2 Å². The Morgan fingerprint density at radius 3 is 2.08 bits per heavy atom. The summed E-state index contributed by atoms with van der Waals surface area (Å²) in [6.45, 7) is 9.21. The number of piperidine rings is 1. The standard InChI is InChI=1S/C30H37NO7/c1-7-16-30(27(33)34)17-18-31(28(35)38-29(2,3)4)24(19-30)25(20-8-12-22(36-5)13-9-20)26(32)21-10-14-23(37-6)15-11-21/h7-15,24-25H,1,16-19H2,2-6H3,(H,33,34). The quantitative estimate of drug-likeness (QED) is 0.331. The zero-order valence-electron chi connectivity index (χ0n) is 22.7.